The Morgan fingerprint density at radius 3 is 0.688 bits per heavy atom. The molecule has 0 rings (SSSR count). The first kappa shape index (κ1) is 32.1. The Kier molecular flexibility index (Phi) is 16.0. The molecule has 0 aliphatic heterocycles. The number of phosphoric acid groups is 1. The third kappa shape index (κ3) is 16.7. The fourth-order valence-electron chi connectivity index (χ4n) is 4.32. The summed E-state index contributed by atoms with van der Waals surface area (Å²) < 4.78 is 33.3. The van der Waals surface area contributed by atoms with Crippen molar-refractivity contribution in [3.8, 4) is 0 Å². The monoisotopic (exact) mass is 476 g/mol. The molecule has 0 saturated heterocycles. The van der Waals surface area contributed by atoms with E-state index in [1.807, 2.05) is 0 Å². The van der Waals surface area contributed by atoms with Crippen molar-refractivity contribution in [1.82, 2.24) is 0 Å². The van der Waals surface area contributed by atoms with Gasteiger partial charge in [0, 0.05) is 0 Å². The van der Waals surface area contributed by atoms with Crippen molar-refractivity contribution < 1.29 is 18.1 Å². The third-order valence-electron chi connectivity index (χ3n) is 5.24. The van der Waals surface area contributed by atoms with Crippen LogP contribution in [-0.4, -0.2) is 18.3 Å². The van der Waals surface area contributed by atoms with Crippen LogP contribution in [0.5, 0.6) is 0 Å². The molecular formula is C27H57O4P. The quantitative estimate of drug-likeness (QED) is 0.185. The van der Waals surface area contributed by atoms with E-state index >= 15 is 0 Å². The molecule has 0 heterocycles. The zero-order valence-electron chi connectivity index (χ0n) is 23.5. The number of hydrogen-bond acceptors (Lipinski definition) is 4. The standard InChI is InChI=1S/C27H57O4P/c1-19(2)13-25(14-20(3)4)29-32(28,30-26(15-21(5)6)16-22(7)8)31-27(17-23(9)10)18-24(11)12/h19-27H,13-18H2,1-12H3. The maximum Gasteiger partial charge on any atom is 0.475 e. The summed E-state index contributed by atoms with van der Waals surface area (Å²) in [5, 5.41) is 0. The first-order valence-electron chi connectivity index (χ1n) is 13.3. The van der Waals surface area contributed by atoms with E-state index in [2.05, 4.69) is 83.1 Å². The first-order valence-corrected chi connectivity index (χ1v) is 14.7. The Hall–Kier alpha value is 0.110. The first-order chi connectivity index (χ1) is 14.6. The Morgan fingerprint density at radius 2 is 0.562 bits per heavy atom. The van der Waals surface area contributed by atoms with Crippen LogP contribution in [0.4, 0.5) is 0 Å². The number of hydrogen-bond donors (Lipinski definition) is 0. The van der Waals surface area contributed by atoms with Gasteiger partial charge in [0.2, 0.25) is 0 Å². The van der Waals surface area contributed by atoms with Gasteiger partial charge in [-0.05, 0) is 74.0 Å². The summed E-state index contributed by atoms with van der Waals surface area (Å²) in [7, 11) is -3.73. The molecule has 0 aliphatic carbocycles. The lowest BCUT2D eigenvalue weighted by Gasteiger charge is -2.33. The average Bonchev–Trinajstić information content (AvgIpc) is 2.49. The van der Waals surface area contributed by atoms with Crippen LogP contribution in [0.1, 0.15) is 122 Å². The van der Waals surface area contributed by atoms with E-state index in [1.54, 1.807) is 0 Å². The summed E-state index contributed by atoms with van der Waals surface area (Å²) in [5.41, 5.74) is 0. The van der Waals surface area contributed by atoms with Crippen molar-refractivity contribution in [3.63, 3.8) is 0 Å². The predicted molar refractivity (Wildman–Crippen MR) is 139 cm³/mol. The molecule has 4 nitrogen and oxygen atoms in total. The molecule has 0 atom stereocenters. The smallest absolute Gasteiger partial charge is 0.283 e. The highest BCUT2D eigenvalue weighted by Gasteiger charge is 2.38. The number of phosphoric ester groups is 1. The van der Waals surface area contributed by atoms with Gasteiger partial charge in [-0.2, -0.15) is 0 Å². The van der Waals surface area contributed by atoms with Gasteiger partial charge in [0.05, 0.1) is 18.3 Å². The Morgan fingerprint density at radius 1 is 0.406 bits per heavy atom. The largest absolute Gasteiger partial charge is 0.475 e. The van der Waals surface area contributed by atoms with Gasteiger partial charge in [0.25, 0.3) is 0 Å². The van der Waals surface area contributed by atoms with Gasteiger partial charge < -0.3 is 0 Å². The van der Waals surface area contributed by atoms with Gasteiger partial charge in [-0.3, -0.25) is 13.6 Å². The highest BCUT2D eigenvalue weighted by Crippen LogP contribution is 2.56. The second-order valence-corrected chi connectivity index (χ2v) is 13.9. The summed E-state index contributed by atoms with van der Waals surface area (Å²) in [6, 6.07) is 0. The lowest BCUT2D eigenvalue weighted by Crippen LogP contribution is -2.25. The molecule has 0 N–H and O–H groups in total. The predicted octanol–water partition coefficient (Wildman–Crippen LogP) is 9.53. The van der Waals surface area contributed by atoms with Crippen LogP contribution in [0.2, 0.25) is 0 Å². The summed E-state index contributed by atoms with van der Waals surface area (Å²) in [5.74, 6) is 2.73. The van der Waals surface area contributed by atoms with Crippen molar-refractivity contribution >= 4 is 7.82 Å². The average molecular weight is 477 g/mol. The second kappa shape index (κ2) is 15.9. The normalized spacial score (nSPS) is 13.7. The Bertz CT molecular complexity index is 412. The minimum absolute atomic E-state index is 0.127. The van der Waals surface area contributed by atoms with Gasteiger partial charge in [0.15, 0.2) is 0 Å². The van der Waals surface area contributed by atoms with Crippen LogP contribution >= 0.6 is 7.82 Å². The van der Waals surface area contributed by atoms with E-state index in [9.17, 15) is 4.57 Å². The molecule has 0 amide bonds. The van der Waals surface area contributed by atoms with E-state index in [0.717, 1.165) is 38.5 Å². The molecule has 0 radical (unpaired) electrons. The van der Waals surface area contributed by atoms with E-state index in [0.29, 0.717) is 35.5 Å². The molecule has 0 aromatic heterocycles. The highest BCUT2D eigenvalue weighted by atomic mass is 31.2. The van der Waals surface area contributed by atoms with Crippen LogP contribution in [-0.2, 0) is 18.1 Å². The molecule has 0 aliphatic rings. The molecule has 32 heavy (non-hydrogen) atoms. The highest BCUT2D eigenvalue weighted by molar-refractivity contribution is 7.48. The molecule has 0 fully saturated rings. The van der Waals surface area contributed by atoms with Crippen LogP contribution in [0.15, 0.2) is 0 Å². The van der Waals surface area contributed by atoms with Crippen molar-refractivity contribution in [2.75, 3.05) is 0 Å². The van der Waals surface area contributed by atoms with Gasteiger partial charge in [-0.25, -0.2) is 4.57 Å². The molecule has 0 saturated carbocycles. The minimum Gasteiger partial charge on any atom is -0.283 e. The van der Waals surface area contributed by atoms with E-state index in [4.69, 9.17) is 13.6 Å². The molecule has 0 aromatic carbocycles. The maximum atomic E-state index is 14.3. The third-order valence-corrected chi connectivity index (χ3v) is 6.91. The zero-order valence-corrected chi connectivity index (χ0v) is 24.4. The lowest BCUT2D eigenvalue weighted by molar-refractivity contribution is 0.00399. The molecule has 0 unspecified atom stereocenters. The fraction of sp³-hybridized carbons (Fsp3) is 1.00. The molecule has 0 bridgehead atoms. The number of rotatable bonds is 18. The summed E-state index contributed by atoms with van der Waals surface area (Å²) >= 11 is 0. The summed E-state index contributed by atoms with van der Waals surface area (Å²) in [6.07, 6.45) is 4.75. The van der Waals surface area contributed by atoms with Gasteiger partial charge >= 0.3 is 7.82 Å². The van der Waals surface area contributed by atoms with E-state index < -0.39 is 7.82 Å². The fourth-order valence-corrected chi connectivity index (χ4v) is 6.08. The van der Waals surface area contributed by atoms with Crippen LogP contribution < -0.4 is 0 Å². The zero-order chi connectivity index (χ0) is 25.1. The van der Waals surface area contributed by atoms with Gasteiger partial charge in [-0.15, -0.1) is 0 Å². The van der Waals surface area contributed by atoms with E-state index in [1.165, 1.54) is 0 Å². The Balaban J connectivity index is 5.93. The van der Waals surface area contributed by atoms with Crippen molar-refractivity contribution in [1.29, 1.82) is 0 Å². The maximum absolute atomic E-state index is 14.3. The topological polar surface area (TPSA) is 44.8 Å². The van der Waals surface area contributed by atoms with Crippen molar-refractivity contribution in [2.45, 2.75) is 140 Å². The van der Waals surface area contributed by atoms with Gasteiger partial charge in [-0.1, -0.05) is 83.1 Å². The van der Waals surface area contributed by atoms with Crippen LogP contribution in [0.25, 0.3) is 0 Å². The Labute approximate surface area is 201 Å². The van der Waals surface area contributed by atoms with Crippen LogP contribution in [0, 0.1) is 35.5 Å². The molecular weight excluding hydrogens is 419 g/mol. The summed E-state index contributed by atoms with van der Waals surface area (Å²) in [4.78, 5) is 0. The van der Waals surface area contributed by atoms with Crippen molar-refractivity contribution in [3.05, 3.63) is 0 Å². The van der Waals surface area contributed by atoms with E-state index in [-0.39, 0.29) is 18.3 Å². The second-order valence-electron chi connectivity index (χ2n) is 12.4. The molecule has 5 heteroatoms. The summed E-state index contributed by atoms with van der Waals surface area (Å²) in [6.45, 7) is 26.2. The molecule has 0 spiro atoms. The van der Waals surface area contributed by atoms with Crippen LogP contribution in [0.3, 0.4) is 0 Å². The lowest BCUT2D eigenvalue weighted by atomic mass is 9.98. The minimum atomic E-state index is -3.73. The van der Waals surface area contributed by atoms with Gasteiger partial charge in [0.1, 0.15) is 0 Å². The molecule has 194 valence electrons. The van der Waals surface area contributed by atoms with Crippen molar-refractivity contribution in [2.24, 2.45) is 35.5 Å². The SMILES string of the molecule is CC(C)CC(CC(C)C)OP(=O)(OC(CC(C)C)CC(C)C)OC(CC(C)C)CC(C)C. The molecule has 0 aromatic rings.